The Morgan fingerprint density at radius 2 is 1.95 bits per heavy atom. The van der Waals surface area contributed by atoms with Gasteiger partial charge in [0.2, 0.25) is 0 Å². The SMILES string of the molecule is COC1(C(N)c2cccc(OC(C)C)c2)CCOCC1. The molecule has 1 saturated heterocycles. The zero-order valence-corrected chi connectivity index (χ0v) is 12.6. The molecule has 112 valence electrons. The molecular weight excluding hydrogens is 254 g/mol. The molecule has 1 unspecified atom stereocenters. The second-order valence-corrected chi connectivity index (χ2v) is 5.60. The Labute approximate surface area is 121 Å². The van der Waals surface area contributed by atoms with Crippen molar-refractivity contribution in [3.63, 3.8) is 0 Å². The molecule has 0 aliphatic carbocycles. The van der Waals surface area contributed by atoms with Crippen LogP contribution in [0.15, 0.2) is 24.3 Å². The minimum Gasteiger partial charge on any atom is -0.491 e. The Morgan fingerprint density at radius 1 is 1.25 bits per heavy atom. The highest BCUT2D eigenvalue weighted by atomic mass is 16.5. The Hall–Kier alpha value is -1.10. The molecule has 0 spiro atoms. The number of benzene rings is 1. The lowest BCUT2D eigenvalue weighted by molar-refractivity contribution is -0.105. The quantitative estimate of drug-likeness (QED) is 0.900. The monoisotopic (exact) mass is 279 g/mol. The standard InChI is InChI=1S/C16H25NO3/c1-12(2)20-14-6-4-5-13(11-14)15(17)16(18-3)7-9-19-10-8-16/h4-6,11-12,15H,7-10,17H2,1-3H3. The van der Waals surface area contributed by atoms with Crippen molar-refractivity contribution in [2.24, 2.45) is 5.73 Å². The van der Waals surface area contributed by atoms with Crippen LogP contribution < -0.4 is 10.5 Å². The molecule has 1 aliphatic rings. The van der Waals surface area contributed by atoms with E-state index in [4.69, 9.17) is 19.9 Å². The van der Waals surface area contributed by atoms with Gasteiger partial charge < -0.3 is 19.9 Å². The number of nitrogens with two attached hydrogens (primary N) is 1. The molecule has 2 N–H and O–H groups in total. The summed E-state index contributed by atoms with van der Waals surface area (Å²) >= 11 is 0. The van der Waals surface area contributed by atoms with E-state index in [-0.39, 0.29) is 17.7 Å². The topological polar surface area (TPSA) is 53.7 Å². The highest BCUT2D eigenvalue weighted by Crippen LogP contribution is 2.36. The summed E-state index contributed by atoms with van der Waals surface area (Å²) < 4.78 is 16.9. The van der Waals surface area contributed by atoms with Crippen molar-refractivity contribution in [2.75, 3.05) is 20.3 Å². The van der Waals surface area contributed by atoms with Crippen LogP contribution in [0, 0.1) is 0 Å². The smallest absolute Gasteiger partial charge is 0.120 e. The van der Waals surface area contributed by atoms with Crippen LogP contribution in [0.3, 0.4) is 0 Å². The Balaban J connectivity index is 2.20. The summed E-state index contributed by atoms with van der Waals surface area (Å²) in [6, 6.07) is 7.82. The Bertz CT molecular complexity index is 427. The van der Waals surface area contributed by atoms with E-state index in [0.717, 1.165) is 24.2 Å². The van der Waals surface area contributed by atoms with Crippen LogP contribution in [0.25, 0.3) is 0 Å². The average molecular weight is 279 g/mol. The predicted molar refractivity (Wildman–Crippen MR) is 78.9 cm³/mol. The largest absolute Gasteiger partial charge is 0.491 e. The van der Waals surface area contributed by atoms with Crippen molar-refractivity contribution in [3.8, 4) is 5.75 Å². The molecule has 0 amide bonds. The fraction of sp³-hybridized carbons (Fsp3) is 0.625. The third-order valence-corrected chi connectivity index (χ3v) is 3.90. The Kier molecular flexibility index (Phi) is 5.02. The summed E-state index contributed by atoms with van der Waals surface area (Å²) in [6.07, 6.45) is 1.79. The van der Waals surface area contributed by atoms with Gasteiger partial charge in [-0.2, -0.15) is 0 Å². The zero-order chi connectivity index (χ0) is 14.6. The van der Waals surface area contributed by atoms with E-state index in [9.17, 15) is 0 Å². The van der Waals surface area contributed by atoms with Gasteiger partial charge in [-0.05, 0) is 31.5 Å². The molecule has 1 heterocycles. The second kappa shape index (κ2) is 6.57. The maximum absolute atomic E-state index is 6.48. The maximum atomic E-state index is 6.48. The van der Waals surface area contributed by atoms with Crippen molar-refractivity contribution in [1.82, 2.24) is 0 Å². The molecule has 2 rings (SSSR count). The van der Waals surface area contributed by atoms with Crippen molar-refractivity contribution in [2.45, 2.75) is 44.4 Å². The molecule has 1 aromatic rings. The van der Waals surface area contributed by atoms with Gasteiger partial charge in [0.25, 0.3) is 0 Å². The van der Waals surface area contributed by atoms with Crippen LogP contribution in [0.4, 0.5) is 0 Å². The minimum atomic E-state index is -0.339. The fourth-order valence-electron chi connectivity index (χ4n) is 2.72. The lowest BCUT2D eigenvalue weighted by Crippen LogP contribution is -2.47. The zero-order valence-electron chi connectivity index (χ0n) is 12.6. The van der Waals surface area contributed by atoms with E-state index >= 15 is 0 Å². The van der Waals surface area contributed by atoms with Crippen molar-refractivity contribution < 1.29 is 14.2 Å². The maximum Gasteiger partial charge on any atom is 0.120 e. The molecule has 0 aromatic heterocycles. The number of ether oxygens (including phenoxy) is 3. The fourth-order valence-corrected chi connectivity index (χ4v) is 2.72. The summed E-state index contributed by atoms with van der Waals surface area (Å²) in [6.45, 7) is 5.43. The molecular formula is C16H25NO3. The van der Waals surface area contributed by atoms with E-state index in [0.29, 0.717) is 13.2 Å². The van der Waals surface area contributed by atoms with Crippen LogP contribution in [0.2, 0.25) is 0 Å². The molecule has 1 fully saturated rings. The van der Waals surface area contributed by atoms with Gasteiger partial charge in [0.05, 0.1) is 17.7 Å². The van der Waals surface area contributed by atoms with E-state index in [1.165, 1.54) is 0 Å². The predicted octanol–water partition coefficient (Wildman–Crippen LogP) is 2.67. The molecule has 4 nitrogen and oxygen atoms in total. The van der Waals surface area contributed by atoms with E-state index < -0.39 is 0 Å². The first-order valence-corrected chi connectivity index (χ1v) is 7.22. The first-order chi connectivity index (χ1) is 9.57. The normalized spacial score (nSPS) is 19.9. The van der Waals surface area contributed by atoms with Crippen LogP contribution in [-0.4, -0.2) is 32.0 Å². The van der Waals surface area contributed by atoms with Crippen LogP contribution in [0.5, 0.6) is 5.75 Å². The summed E-state index contributed by atoms with van der Waals surface area (Å²) in [5.41, 5.74) is 7.19. The Morgan fingerprint density at radius 3 is 2.55 bits per heavy atom. The summed E-state index contributed by atoms with van der Waals surface area (Å²) in [5.74, 6) is 0.853. The molecule has 1 atom stereocenters. The summed E-state index contributed by atoms with van der Waals surface area (Å²) in [7, 11) is 1.74. The van der Waals surface area contributed by atoms with Gasteiger partial charge in [-0.1, -0.05) is 12.1 Å². The average Bonchev–Trinajstić information content (AvgIpc) is 2.47. The summed E-state index contributed by atoms with van der Waals surface area (Å²) in [4.78, 5) is 0. The van der Waals surface area contributed by atoms with Gasteiger partial charge in [0.15, 0.2) is 0 Å². The number of hydrogen-bond donors (Lipinski definition) is 1. The lowest BCUT2D eigenvalue weighted by atomic mass is 9.82. The van der Waals surface area contributed by atoms with E-state index in [2.05, 4.69) is 0 Å². The highest BCUT2D eigenvalue weighted by Gasteiger charge is 2.39. The number of methoxy groups -OCH3 is 1. The molecule has 1 aromatic carbocycles. The highest BCUT2D eigenvalue weighted by molar-refractivity contribution is 5.32. The second-order valence-electron chi connectivity index (χ2n) is 5.60. The van der Waals surface area contributed by atoms with Crippen LogP contribution in [0.1, 0.15) is 38.3 Å². The van der Waals surface area contributed by atoms with Gasteiger partial charge in [-0.25, -0.2) is 0 Å². The van der Waals surface area contributed by atoms with Crippen LogP contribution >= 0.6 is 0 Å². The van der Waals surface area contributed by atoms with Gasteiger partial charge in [0.1, 0.15) is 5.75 Å². The van der Waals surface area contributed by atoms with Gasteiger partial charge in [-0.15, -0.1) is 0 Å². The van der Waals surface area contributed by atoms with Gasteiger partial charge >= 0.3 is 0 Å². The molecule has 20 heavy (non-hydrogen) atoms. The minimum absolute atomic E-state index is 0.154. The van der Waals surface area contributed by atoms with Crippen molar-refractivity contribution >= 4 is 0 Å². The third-order valence-electron chi connectivity index (χ3n) is 3.90. The van der Waals surface area contributed by atoms with Gasteiger partial charge in [-0.3, -0.25) is 0 Å². The first kappa shape index (κ1) is 15.3. The lowest BCUT2D eigenvalue weighted by Gasteiger charge is -2.40. The molecule has 0 saturated carbocycles. The van der Waals surface area contributed by atoms with Gasteiger partial charge in [0, 0.05) is 33.2 Å². The molecule has 4 heteroatoms. The van der Waals surface area contributed by atoms with Crippen molar-refractivity contribution in [1.29, 1.82) is 0 Å². The van der Waals surface area contributed by atoms with Crippen LogP contribution in [-0.2, 0) is 9.47 Å². The number of rotatable bonds is 5. The van der Waals surface area contributed by atoms with E-state index in [1.54, 1.807) is 7.11 Å². The van der Waals surface area contributed by atoms with E-state index in [1.807, 2.05) is 38.1 Å². The molecule has 1 aliphatic heterocycles. The third kappa shape index (κ3) is 3.32. The van der Waals surface area contributed by atoms with Crippen molar-refractivity contribution in [3.05, 3.63) is 29.8 Å². The molecule has 0 bridgehead atoms. The number of hydrogen-bond acceptors (Lipinski definition) is 4. The summed E-state index contributed by atoms with van der Waals surface area (Å²) in [5, 5.41) is 0. The molecule has 0 radical (unpaired) electrons. The first-order valence-electron chi connectivity index (χ1n) is 7.22.